The molecule has 0 aliphatic rings. The predicted molar refractivity (Wildman–Crippen MR) is 97.7 cm³/mol. The summed E-state index contributed by atoms with van der Waals surface area (Å²) in [5.74, 6) is 1.04. The Bertz CT molecular complexity index is 1110. The average Bonchev–Trinajstić information content (AvgIpc) is 3.03. The lowest BCUT2D eigenvalue weighted by atomic mass is 10.0. The molecule has 6 nitrogen and oxygen atoms in total. The molecule has 4 rings (SSSR count). The Balaban J connectivity index is 1.63. The van der Waals surface area contributed by atoms with Gasteiger partial charge in [0.25, 0.3) is 5.56 Å². The van der Waals surface area contributed by atoms with Gasteiger partial charge in [-0.2, -0.15) is 0 Å². The van der Waals surface area contributed by atoms with Gasteiger partial charge in [-0.05, 0) is 35.7 Å². The quantitative estimate of drug-likeness (QED) is 0.623. The van der Waals surface area contributed by atoms with Crippen molar-refractivity contribution in [3.63, 3.8) is 0 Å². The number of hydrogen-bond acceptors (Lipinski definition) is 4. The van der Waals surface area contributed by atoms with Crippen molar-refractivity contribution in [2.75, 3.05) is 0 Å². The molecule has 0 amide bonds. The monoisotopic (exact) mass is 333 g/mol. The third kappa shape index (κ3) is 2.91. The van der Waals surface area contributed by atoms with Gasteiger partial charge in [0.2, 0.25) is 0 Å². The van der Waals surface area contributed by atoms with Gasteiger partial charge in [-0.25, -0.2) is 9.67 Å². The smallest absolute Gasteiger partial charge is 0.258 e. The maximum atomic E-state index is 12.4. The van der Waals surface area contributed by atoms with E-state index >= 15 is 0 Å². The second-order valence-corrected chi connectivity index (χ2v) is 6.50. The Morgan fingerprint density at radius 1 is 1.12 bits per heavy atom. The number of H-pyrrole nitrogens is 1. The lowest BCUT2D eigenvalue weighted by Gasteiger charge is -2.08. The van der Waals surface area contributed by atoms with Gasteiger partial charge in [0.1, 0.15) is 11.3 Å². The van der Waals surface area contributed by atoms with E-state index in [2.05, 4.69) is 34.1 Å². The molecule has 2 aromatic heterocycles. The van der Waals surface area contributed by atoms with Crippen LogP contribution in [0.2, 0.25) is 0 Å². The highest BCUT2D eigenvalue weighted by Crippen LogP contribution is 2.18. The normalized spacial score (nSPS) is 11.6. The van der Waals surface area contributed by atoms with E-state index in [-0.39, 0.29) is 5.56 Å². The molecular weight excluding hydrogens is 314 g/mol. The minimum atomic E-state index is -0.0917. The van der Waals surface area contributed by atoms with Crippen molar-refractivity contribution >= 4 is 21.9 Å². The molecular formula is C19H19N5O. The van der Waals surface area contributed by atoms with E-state index in [1.807, 2.05) is 47.1 Å². The zero-order valence-corrected chi connectivity index (χ0v) is 14.2. The summed E-state index contributed by atoms with van der Waals surface area (Å²) in [5.41, 5.74) is 3.62. The van der Waals surface area contributed by atoms with Crippen molar-refractivity contribution in [1.29, 1.82) is 0 Å². The molecule has 126 valence electrons. The summed E-state index contributed by atoms with van der Waals surface area (Å²) >= 11 is 0. The summed E-state index contributed by atoms with van der Waals surface area (Å²) in [4.78, 5) is 19.9. The van der Waals surface area contributed by atoms with E-state index in [4.69, 9.17) is 0 Å². The van der Waals surface area contributed by atoms with Gasteiger partial charge in [-0.1, -0.05) is 37.3 Å². The van der Waals surface area contributed by atoms with E-state index in [1.165, 1.54) is 0 Å². The zero-order valence-electron chi connectivity index (χ0n) is 14.2. The van der Waals surface area contributed by atoms with Gasteiger partial charge in [0.05, 0.1) is 23.0 Å². The molecule has 0 radical (unpaired) electrons. The topological polar surface area (TPSA) is 76.5 Å². The molecule has 0 saturated carbocycles. The third-order valence-electron chi connectivity index (χ3n) is 4.43. The standard InChI is InChI=1S/C19H19N5O/c1-12(2)13-7-8-15-14(11-13)19(25)21-18(20-15)9-10-24-17-6-4-3-5-16(17)22-23-24/h3-8,11-12H,9-10H2,1-2H3,(H,20,21,25). The van der Waals surface area contributed by atoms with Gasteiger partial charge < -0.3 is 4.98 Å². The molecule has 0 aliphatic heterocycles. The predicted octanol–water partition coefficient (Wildman–Crippen LogP) is 3.03. The fourth-order valence-corrected chi connectivity index (χ4v) is 2.98. The van der Waals surface area contributed by atoms with Crippen LogP contribution in [-0.4, -0.2) is 25.0 Å². The first kappa shape index (κ1) is 15.5. The van der Waals surface area contributed by atoms with Crippen LogP contribution in [0.1, 0.15) is 31.2 Å². The highest BCUT2D eigenvalue weighted by molar-refractivity contribution is 5.78. The van der Waals surface area contributed by atoms with Crippen LogP contribution in [0.3, 0.4) is 0 Å². The van der Waals surface area contributed by atoms with E-state index in [0.717, 1.165) is 22.1 Å². The fourth-order valence-electron chi connectivity index (χ4n) is 2.98. The Morgan fingerprint density at radius 3 is 2.80 bits per heavy atom. The number of aromatic nitrogens is 5. The number of aromatic amines is 1. The first-order chi connectivity index (χ1) is 12.1. The van der Waals surface area contributed by atoms with Crippen LogP contribution >= 0.6 is 0 Å². The Kier molecular flexibility index (Phi) is 3.80. The van der Waals surface area contributed by atoms with Crippen molar-refractivity contribution in [3.8, 4) is 0 Å². The van der Waals surface area contributed by atoms with Crippen molar-refractivity contribution in [2.45, 2.75) is 32.7 Å². The molecule has 6 heteroatoms. The van der Waals surface area contributed by atoms with Crippen LogP contribution in [0, 0.1) is 0 Å². The fraction of sp³-hybridized carbons (Fsp3) is 0.263. The molecule has 1 N–H and O–H groups in total. The molecule has 2 aromatic carbocycles. The number of para-hydroxylation sites is 1. The summed E-state index contributed by atoms with van der Waals surface area (Å²) < 4.78 is 1.83. The van der Waals surface area contributed by atoms with Gasteiger partial charge in [-0.3, -0.25) is 4.79 Å². The lowest BCUT2D eigenvalue weighted by Crippen LogP contribution is -2.14. The first-order valence-corrected chi connectivity index (χ1v) is 8.43. The highest BCUT2D eigenvalue weighted by Gasteiger charge is 2.08. The number of nitrogens with one attached hydrogen (secondary N) is 1. The van der Waals surface area contributed by atoms with Crippen molar-refractivity contribution in [2.24, 2.45) is 0 Å². The number of hydrogen-bond donors (Lipinski definition) is 1. The molecule has 0 saturated heterocycles. The Labute approximate surface area is 144 Å². The minimum absolute atomic E-state index is 0.0917. The molecule has 2 heterocycles. The zero-order chi connectivity index (χ0) is 17.4. The highest BCUT2D eigenvalue weighted by atomic mass is 16.1. The number of nitrogens with zero attached hydrogens (tertiary/aromatic N) is 4. The summed E-state index contributed by atoms with van der Waals surface area (Å²) in [6, 6.07) is 13.7. The van der Waals surface area contributed by atoms with Gasteiger partial charge >= 0.3 is 0 Å². The summed E-state index contributed by atoms with van der Waals surface area (Å²) in [5, 5.41) is 8.96. The molecule has 0 bridgehead atoms. The van der Waals surface area contributed by atoms with Gasteiger partial charge in [-0.15, -0.1) is 5.10 Å². The maximum absolute atomic E-state index is 12.4. The molecule has 0 unspecified atom stereocenters. The van der Waals surface area contributed by atoms with E-state index in [9.17, 15) is 4.79 Å². The van der Waals surface area contributed by atoms with E-state index in [0.29, 0.717) is 30.1 Å². The van der Waals surface area contributed by atoms with Crippen molar-refractivity contribution in [3.05, 3.63) is 64.2 Å². The third-order valence-corrected chi connectivity index (χ3v) is 4.43. The van der Waals surface area contributed by atoms with Crippen LogP contribution in [0.25, 0.3) is 21.9 Å². The Hall–Kier alpha value is -3.02. The van der Waals surface area contributed by atoms with Crippen LogP contribution in [0.5, 0.6) is 0 Å². The van der Waals surface area contributed by atoms with Crippen LogP contribution in [-0.2, 0) is 13.0 Å². The first-order valence-electron chi connectivity index (χ1n) is 8.43. The summed E-state index contributed by atoms with van der Waals surface area (Å²) in [6.45, 7) is 4.83. The van der Waals surface area contributed by atoms with Gasteiger partial charge in [0.15, 0.2) is 0 Å². The lowest BCUT2D eigenvalue weighted by molar-refractivity contribution is 0.594. The summed E-state index contributed by atoms with van der Waals surface area (Å²) in [6.07, 6.45) is 0.588. The SMILES string of the molecule is CC(C)c1ccc2nc(CCn3nnc4ccccc43)[nH]c(=O)c2c1. The molecule has 0 fully saturated rings. The van der Waals surface area contributed by atoms with Crippen molar-refractivity contribution < 1.29 is 0 Å². The van der Waals surface area contributed by atoms with Crippen LogP contribution in [0.15, 0.2) is 47.3 Å². The number of fused-ring (bicyclic) bond motifs is 2. The summed E-state index contributed by atoms with van der Waals surface area (Å²) in [7, 11) is 0. The second kappa shape index (κ2) is 6.12. The van der Waals surface area contributed by atoms with Crippen molar-refractivity contribution in [1.82, 2.24) is 25.0 Å². The average molecular weight is 333 g/mol. The minimum Gasteiger partial charge on any atom is -0.310 e. The molecule has 4 aromatic rings. The second-order valence-electron chi connectivity index (χ2n) is 6.50. The number of benzene rings is 2. The number of aryl methyl sites for hydroxylation is 2. The molecule has 25 heavy (non-hydrogen) atoms. The Morgan fingerprint density at radius 2 is 1.96 bits per heavy atom. The van der Waals surface area contributed by atoms with Crippen LogP contribution < -0.4 is 5.56 Å². The van der Waals surface area contributed by atoms with Crippen LogP contribution in [0.4, 0.5) is 0 Å². The van der Waals surface area contributed by atoms with E-state index in [1.54, 1.807) is 0 Å². The largest absolute Gasteiger partial charge is 0.310 e. The van der Waals surface area contributed by atoms with Gasteiger partial charge in [0, 0.05) is 6.42 Å². The number of rotatable bonds is 4. The van der Waals surface area contributed by atoms with E-state index < -0.39 is 0 Å². The molecule has 0 atom stereocenters. The molecule has 0 spiro atoms. The molecule has 0 aliphatic carbocycles. The maximum Gasteiger partial charge on any atom is 0.258 e.